The van der Waals surface area contributed by atoms with E-state index in [9.17, 15) is 10.2 Å². The lowest BCUT2D eigenvalue weighted by atomic mass is 9.64. The molecule has 33 heavy (non-hydrogen) atoms. The van der Waals surface area contributed by atoms with Crippen LogP contribution in [0.3, 0.4) is 0 Å². The second-order valence-corrected chi connectivity index (χ2v) is 10.4. The van der Waals surface area contributed by atoms with Crippen LogP contribution in [0, 0.1) is 5.41 Å². The first-order valence-electron chi connectivity index (χ1n) is 11.7. The highest BCUT2D eigenvalue weighted by Crippen LogP contribution is 2.52. The molecule has 0 saturated heterocycles. The smallest absolute Gasteiger partial charge is 0.145 e. The van der Waals surface area contributed by atoms with Crippen LogP contribution < -0.4 is 11.5 Å². The molecule has 1 aromatic carbocycles. The predicted octanol–water partition coefficient (Wildman–Crippen LogP) is 2.74. The van der Waals surface area contributed by atoms with Crippen LogP contribution in [-0.4, -0.2) is 42.8 Å². The van der Waals surface area contributed by atoms with Crippen LogP contribution in [0.2, 0.25) is 0 Å². The number of hydrogen-bond donors (Lipinski definition) is 4. The molecule has 1 aliphatic heterocycles. The molecule has 1 spiro atoms. The Morgan fingerprint density at radius 3 is 2.73 bits per heavy atom. The molecule has 3 aromatic rings. The standard InChI is InChI=1S/C25H30N6O2/c1-24(9-5-14-3-4-16-17(11-14)30-23(27)25(16)7-2-8-25)12-18(19(32)20(24)33)31-10-6-15-21(26)28-13-29-22(15)31/h3-4,6,10-11,13,18-20,32-33H,2,5,7-9,12H2,1H3,(H2,27,30)(H2,26,28,29)/t18-,19+,20+,24+/m1/s1. The molecule has 0 unspecified atom stereocenters. The second kappa shape index (κ2) is 7.01. The molecule has 4 atom stereocenters. The van der Waals surface area contributed by atoms with Gasteiger partial charge in [0.2, 0.25) is 0 Å². The minimum atomic E-state index is -0.885. The van der Waals surface area contributed by atoms with Crippen LogP contribution in [0.5, 0.6) is 0 Å². The highest BCUT2D eigenvalue weighted by Gasteiger charge is 2.50. The summed E-state index contributed by atoms with van der Waals surface area (Å²) < 4.78 is 1.93. The maximum Gasteiger partial charge on any atom is 0.145 e. The van der Waals surface area contributed by atoms with Crippen LogP contribution >= 0.6 is 0 Å². The van der Waals surface area contributed by atoms with E-state index in [1.54, 1.807) is 0 Å². The van der Waals surface area contributed by atoms with Crippen molar-refractivity contribution in [3.8, 4) is 0 Å². The molecule has 0 bridgehead atoms. The van der Waals surface area contributed by atoms with Crippen molar-refractivity contribution in [2.45, 2.75) is 69.1 Å². The number of amidine groups is 1. The Bertz CT molecular complexity index is 1280. The van der Waals surface area contributed by atoms with Crippen molar-refractivity contribution in [1.82, 2.24) is 14.5 Å². The summed E-state index contributed by atoms with van der Waals surface area (Å²) in [6, 6.07) is 8.09. The molecule has 8 heteroatoms. The van der Waals surface area contributed by atoms with Gasteiger partial charge in [-0.1, -0.05) is 25.5 Å². The lowest BCUT2D eigenvalue weighted by molar-refractivity contribution is -0.0241. The van der Waals surface area contributed by atoms with Gasteiger partial charge in [0, 0.05) is 6.20 Å². The van der Waals surface area contributed by atoms with E-state index in [0.717, 1.165) is 42.6 Å². The van der Waals surface area contributed by atoms with Gasteiger partial charge in [-0.2, -0.15) is 0 Å². The van der Waals surface area contributed by atoms with E-state index in [0.29, 0.717) is 17.9 Å². The number of aliphatic imine (C=N–C) groups is 1. The number of anilines is 1. The number of nitrogens with two attached hydrogens (primary N) is 2. The minimum Gasteiger partial charge on any atom is -0.390 e. The van der Waals surface area contributed by atoms with Crippen LogP contribution in [0.1, 0.15) is 56.2 Å². The summed E-state index contributed by atoms with van der Waals surface area (Å²) in [5.41, 5.74) is 15.9. The van der Waals surface area contributed by atoms with Crippen LogP contribution in [0.4, 0.5) is 11.5 Å². The van der Waals surface area contributed by atoms with Gasteiger partial charge in [-0.15, -0.1) is 0 Å². The second-order valence-electron chi connectivity index (χ2n) is 10.4. The van der Waals surface area contributed by atoms with E-state index in [1.165, 1.54) is 23.9 Å². The van der Waals surface area contributed by atoms with Crippen molar-refractivity contribution < 1.29 is 10.2 Å². The number of aliphatic hydroxyl groups excluding tert-OH is 2. The van der Waals surface area contributed by atoms with Crippen molar-refractivity contribution in [1.29, 1.82) is 0 Å². The number of nitrogens with zero attached hydrogens (tertiary/aromatic N) is 4. The predicted molar refractivity (Wildman–Crippen MR) is 127 cm³/mol. The van der Waals surface area contributed by atoms with E-state index in [4.69, 9.17) is 11.5 Å². The molecule has 8 nitrogen and oxygen atoms in total. The Hall–Kier alpha value is -2.97. The van der Waals surface area contributed by atoms with E-state index in [-0.39, 0.29) is 11.5 Å². The van der Waals surface area contributed by atoms with Gasteiger partial charge in [-0.3, -0.25) is 0 Å². The summed E-state index contributed by atoms with van der Waals surface area (Å²) in [5.74, 6) is 1.17. The number of aryl methyl sites for hydroxylation is 1. The molecule has 3 heterocycles. The Balaban J connectivity index is 1.22. The molecule has 6 N–H and O–H groups in total. The minimum absolute atomic E-state index is 0.0225. The van der Waals surface area contributed by atoms with E-state index >= 15 is 0 Å². The zero-order valence-electron chi connectivity index (χ0n) is 18.8. The van der Waals surface area contributed by atoms with Gasteiger partial charge < -0.3 is 26.2 Å². The van der Waals surface area contributed by atoms with Gasteiger partial charge >= 0.3 is 0 Å². The lowest BCUT2D eigenvalue weighted by Gasteiger charge is -2.38. The molecule has 3 aliphatic rings. The van der Waals surface area contributed by atoms with E-state index in [2.05, 4.69) is 40.1 Å². The van der Waals surface area contributed by atoms with Gasteiger partial charge in [-0.25, -0.2) is 15.0 Å². The van der Waals surface area contributed by atoms with Crippen LogP contribution in [0.15, 0.2) is 41.8 Å². The third kappa shape index (κ3) is 2.87. The molecular weight excluding hydrogens is 416 g/mol. The zero-order chi connectivity index (χ0) is 23.0. The van der Waals surface area contributed by atoms with Gasteiger partial charge in [0.05, 0.1) is 28.6 Å². The molecule has 0 radical (unpaired) electrons. The topological polar surface area (TPSA) is 136 Å². The van der Waals surface area contributed by atoms with Crippen molar-refractivity contribution in [2.24, 2.45) is 16.1 Å². The average molecular weight is 447 g/mol. The molecule has 172 valence electrons. The molecule has 2 aliphatic carbocycles. The third-order valence-electron chi connectivity index (χ3n) is 8.51. The zero-order valence-corrected chi connectivity index (χ0v) is 18.8. The maximum atomic E-state index is 11.0. The molecule has 6 rings (SSSR count). The van der Waals surface area contributed by atoms with Crippen molar-refractivity contribution in [2.75, 3.05) is 5.73 Å². The van der Waals surface area contributed by atoms with Crippen molar-refractivity contribution in [3.63, 3.8) is 0 Å². The fourth-order valence-electron chi connectivity index (χ4n) is 6.20. The molecule has 2 fully saturated rings. The van der Waals surface area contributed by atoms with Gasteiger partial charge in [0.25, 0.3) is 0 Å². The largest absolute Gasteiger partial charge is 0.390 e. The van der Waals surface area contributed by atoms with Crippen LogP contribution in [-0.2, 0) is 11.8 Å². The first kappa shape index (κ1) is 20.6. The molecular formula is C25H30N6O2. The number of aliphatic hydroxyl groups is 2. The first-order chi connectivity index (χ1) is 15.8. The summed E-state index contributed by atoms with van der Waals surface area (Å²) >= 11 is 0. The Labute approximate surface area is 192 Å². The van der Waals surface area contributed by atoms with Gasteiger partial charge in [0.1, 0.15) is 29.7 Å². The average Bonchev–Trinajstić information content (AvgIpc) is 3.39. The fourth-order valence-corrected chi connectivity index (χ4v) is 6.20. The monoisotopic (exact) mass is 446 g/mol. The number of benzene rings is 1. The Morgan fingerprint density at radius 1 is 1.15 bits per heavy atom. The summed E-state index contributed by atoms with van der Waals surface area (Å²) in [4.78, 5) is 13.1. The number of fused-ring (bicyclic) bond motifs is 3. The number of rotatable bonds is 4. The summed E-state index contributed by atoms with van der Waals surface area (Å²) in [5, 5.41) is 22.7. The van der Waals surface area contributed by atoms with Crippen molar-refractivity contribution in [3.05, 3.63) is 47.9 Å². The fraction of sp³-hybridized carbons (Fsp3) is 0.480. The molecule has 2 aromatic heterocycles. The summed E-state index contributed by atoms with van der Waals surface area (Å²) in [7, 11) is 0. The van der Waals surface area contributed by atoms with Crippen molar-refractivity contribution >= 4 is 28.4 Å². The van der Waals surface area contributed by atoms with Gasteiger partial charge in [0.15, 0.2) is 0 Å². The highest BCUT2D eigenvalue weighted by molar-refractivity contribution is 6.00. The number of hydrogen-bond acceptors (Lipinski definition) is 7. The van der Waals surface area contributed by atoms with E-state index < -0.39 is 17.6 Å². The van der Waals surface area contributed by atoms with Crippen LogP contribution in [0.25, 0.3) is 11.0 Å². The summed E-state index contributed by atoms with van der Waals surface area (Å²) in [6.45, 7) is 2.06. The summed E-state index contributed by atoms with van der Waals surface area (Å²) in [6.07, 6.45) is 7.15. The molecule has 2 saturated carbocycles. The van der Waals surface area contributed by atoms with Gasteiger partial charge in [-0.05, 0) is 60.8 Å². The SMILES string of the molecule is C[C@]1(CCc2ccc3c(c2)N=C(N)C32CCC2)C[C@@H](n2ccc3c(N)ncnc32)[C@H](O)[C@@H]1O. The normalized spacial score (nSPS) is 29.9. The number of aromatic nitrogens is 3. The first-order valence-corrected chi connectivity index (χ1v) is 11.7. The Kier molecular flexibility index (Phi) is 4.38. The quantitative estimate of drug-likeness (QED) is 0.487. The highest BCUT2D eigenvalue weighted by atomic mass is 16.3. The Morgan fingerprint density at radius 2 is 1.97 bits per heavy atom. The molecule has 0 amide bonds. The lowest BCUT2D eigenvalue weighted by Crippen LogP contribution is -2.44. The van der Waals surface area contributed by atoms with E-state index in [1.807, 2.05) is 16.8 Å². The number of nitrogen functional groups attached to an aromatic ring is 1. The maximum absolute atomic E-state index is 11.0. The third-order valence-corrected chi connectivity index (χ3v) is 8.51.